The Balaban J connectivity index is 2.33. The van der Waals surface area contributed by atoms with Gasteiger partial charge in [0.05, 0.1) is 40.4 Å². The first-order valence-corrected chi connectivity index (χ1v) is 10.1. The Kier molecular flexibility index (Phi) is 6.78. The molecule has 192 valence electrons. The van der Waals surface area contributed by atoms with Crippen LogP contribution in [0.4, 0.5) is 50.0 Å². The maximum atomic E-state index is 13.4. The third kappa shape index (κ3) is 5.12. The van der Waals surface area contributed by atoms with E-state index in [2.05, 4.69) is 0 Å². The number of amides is 1. The molecule has 0 saturated heterocycles. The number of alkyl halides is 9. The number of allylic oxidation sites excluding steroid dienone is 1. The van der Waals surface area contributed by atoms with Crippen molar-refractivity contribution in [2.45, 2.75) is 43.8 Å². The van der Waals surface area contributed by atoms with Crippen molar-refractivity contribution >= 4 is 17.4 Å². The Morgan fingerprint density at radius 1 is 0.944 bits per heavy atom. The van der Waals surface area contributed by atoms with E-state index in [-0.39, 0.29) is 23.7 Å². The lowest BCUT2D eigenvalue weighted by molar-refractivity contribution is -0.143. The van der Waals surface area contributed by atoms with Gasteiger partial charge < -0.3 is 5.11 Å². The molecule has 2 atom stereocenters. The molecule has 2 aromatic rings. The van der Waals surface area contributed by atoms with Gasteiger partial charge in [-0.2, -0.15) is 44.8 Å². The topological polar surface area (TPSA) is 64.3 Å². The van der Waals surface area contributed by atoms with Crippen LogP contribution in [0.5, 0.6) is 0 Å². The minimum absolute atomic E-state index is 0.0464. The smallest absolute Gasteiger partial charge is 0.416 e. The number of hydrogen-bond donors (Lipinski definition) is 1. The predicted molar refractivity (Wildman–Crippen MR) is 109 cm³/mol. The van der Waals surface area contributed by atoms with Crippen LogP contribution in [0.2, 0.25) is 0 Å². The molecule has 1 amide bonds. The quantitative estimate of drug-likeness (QED) is 0.420. The third-order valence-electron chi connectivity index (χ3n) is 5.61. The lowest BCUT2D eigenvalue weighted by atomic mass is 9.81. The summed E-state index contributed by atoms with van der Waals surface area (Å²) < 4.78 is 120. The highest BCUT2D eigenvalue weighted by molar-refractivity contribution is 5.96. The SMILES string of the molecule is CC[C@@H]1C=C([C@H](C#N)c2cc(C(F)(F)F)cc(C(F)(F)F)c2)c2cc(C(F)(F)F)ccc2N1C(=O)O. The molecule has 1 N–H and O–H groups in total. The molecule has 0 radical (unpaired) electrons. The molecule has 0 aliphatic carbocycles. The maximum Gasteiger partial charge on any atom is 0.416 e. The number of rotatable bonds is 3. The van der Waals surface area contributed by atoms with Gasteiger partial charge in [-0.15, -0.1) is 0 Å². The second-order valence-corrected chi connectivity index (χ2v) is 7.88. The Labute approximate surface area is 197 Å². The summed E-state index contributed by atoms with van der Waals surface area (Å²) in [7, 11) is 0. The van der Waals surface area contributed by atoms with Gasteiger partial charge in [-0.05, 0) is 54.0 Å². The average Bonchev–Trinajstić information content (AvgIpc) is 2.76. The maximum absolute atomic E-state index is 13.4. The van der Waals surface area contributed by atoms with E-state index in [1.54, 1.807) is 6.07 Å². The van der Waals surface area contributed by atoms with Crippen molar-refractivity contribution in [3.8, 4) is 6.07 Å². The predicted octanol–water partition coefficient (Wildman–Crippen LogP) is 7.71. The zero-order valence-corrected chi connectivity index (χ0v) is 18.1. The van der Waals surface area contributed by atoms with Crippen LogP contribution in [-0.2, 0) is 18.5 Å². The van der Waals surface area contributed by atoms with E-state index in [9.17, 15) is 54.7 Å². The van der Waals surface area contributed by atoms with Crippen LogP contribution in [-0.4, -0.2) is 17.2 Å². The van der Waals surface area contributed by atoms with Gasteiger partial charge >= 0.3 is 24.6 Å². The van der Waals surface area contributed by atoms with Crippen LogP contribution in [0.25, 0.3) is 5.57 Å². The Morgan fingerprint density at radius 3 is 1.89 bits per heavy atom. The number of fused-ring (bicyclic) bond motifs is 1. The number of carbonyl (C=O) groups is 1. The molecular weight excluding hydrogens is 507 g/mol. The number of nitrogens with zero attached hydrogens (tertiary/aromatic N) is 2. The minimum Gasteiger partial charge on any atom is -0.465 e. The molecular formula is C23H15F9N2O2. The zero-order chi connectivity index (χ0) is 27.2. The molecule has 0 aromatic heterocycles. The van der Waals surface area contributed by atoms with Crippen LogP contribution < -0.4 is 4.90 Å². The van der Waals surface area contributed by atoms with Gasteiger partial charge in [0.2, 0.25) is 0 Å². The highest BCUT2D eigenvalue weighted by Gasteiger charge is 2.40. The fourth-order valence-corrected chi connectivity index (χ4v) is 3.97. The molecule has 4 nitrogen and oxygen atoms in total. The number of benzene rings is 2. The van der Waals surface area contributed by atoms with Crippen molar-refractivity contribution < 1.29 is 49.4 Å². The van der Waals surface area contributed by atoms with E-state index in [0.717, 1.165) is 17.0 Å². The number of hydrogen-bond acceptors (Lipinski definition) is 2. The average molecular weight is 522 g/mol. The van der Waals surface area contributed by atoms with Crippen LogP contribution in [0.15, 0.2) is 42.5 Å². The summed E-state index contributed by atoms with van der Waals surface area (Å²) in [5.41, 5.74) is -6.48. The molecule has 0 unspecified atom stereocenters. The largest absolute Gasteiger partial charge is 0.465 e. The van der Waals surface area contributed by atoms with E-state index < -0.39 is 64.4 Å². The summed E-state index contributed by atoms with van der Waals surface area (Å²) in [5.74, 6) is -1.87. The van der Waals surface area contributed by atoms with Crippen molar-refractivity contribution in [3.05, 3.63) is 70.3 Å². The Morgan fingerprint density at radius 2 is 1.47 bits per heavy atom. The third-order valence-corrected chi connectivity index (χ3v) is 5.61. The van der Waals surface area contributed by atoms with E-state index in [1.807, 2.05) is 0 Å². The molecule has 2 aromatic carbocycles. The Hall–Kier alpha value is -3.69. The van der Waals surface area contributed by atoms with Gasteiger partial charge in [-0.1, -0.05) is 13.0 Å². The van der Waals surface area contributed by atoms with Gasteiger partial charge in [0.25, 0.3) is 0 Å². The highest BCUT2D eigenvalue weighted by atomic mass is 19.4. The van der Waals surface area contributed by atoms with E-state index in [1.165, 1.54) is 6.92 Å². The van der Waals surface area contributed by atoms with Crippen molar-refractivity contribution in [1.29, 1.82) is 5.26 Å². The van der Waals surface area contributed by atoms with E-state index in [0.29, 0.717) is 24.3 Å². The van der Waals surface area contributed by atoms with E-state index in [4.69, 9.17) is 0 Å². The van der Waals surface area contributed by atoms with Crippen molar-refractivity contribution in [1.82, 2.24) is 0 Å². The van der Waals surface area contributed by atoms with Gasteiger partial charge in [-0.25, -0.2) is 4.79 Å². The Bertz CT molecular complexity index is 1220. The standard InChI is InChI=1S/C23H15F9N2O2/c1-2-15-9-16(17-8-12(21(24,25)26)3-4-19(17)34(15)20(35)36)18(10-33)11-5-13(22(27,28)29)7-14(6-11)23(30,31)32/h3-9,15,18H,2H2,1H3,(H,35,36)/t15-,18-/m1/s1. The molecule has 0 saturated carbocycles. The molecule has 36 heavy (non-hydrogen) atoms. The lowest BCUT2D eigenvalue weighted by Gasteiger charge is -2.35. The lowest BCUT2D eigenvalue weighted by Crippen LogP contribution is -2.41. The van der Waals surface area contributed by atoms with Crippen LogP contribution >= 0.6 is 0 Å². The van der Waals surface area contributed by atoms with Gasteiger partial charge in [0.15, 0.2) is 0 Å². The first kappa shape index (κ1) is 26.9. The second kappa shape index (κ2) is 9.07. The number of anilines is 1. The molecule has 0 bridgehead atoms. The molecule has 1 heterocycles. The van der Waals surface area contributed by atoms with E-state index >= 15 is 0 Å². The molecule has 3 rings (SSSR count). The summed E-state index contributed by atoms with van der Waals surface area (Å²) in [6.07, 6.45) is -15.8. The molecule has 1 aliphatic rings. The fourth-order valence-electron chi connectivity index (χ4n) is 3.97. The molecule has 0 spiro atoms. The van der Waals surface area contributed by atoms with Crippen molar-refractivity contribution in [2.24, 2.45) is 0 Å². The summed E-state index contributed by atoms with van der Waals surface area (Å²) >= 11 is 0. The first-order valence-electron chi connectivity index (χ1n) is 10.1. The number of carboxylic acid groups (broad SMARTS) is 1. The van der Waals surface area contributed by atoms with Crippen LogP contribution in [0.1, 0.15) is 47.1 Å². The normalized spacial score (nSPS) is 17.2. The van der Waals surface area contributed by atoms with Gasteiger partial charge in [-0.3, -0.25) is 4.90 Å². The summed E-state index contributed by atoms with van der Waals surface area (Å²) in [6.45, 7) is 1.51. The van der Waals surface area contributed by atoms with Crippen molar-refractivity contribution in [2.75, 3.05) is 4.90 Å². The number of nitriles is 1. The zero-order valence-electron chi connectivity index (χ0n) is 18.1. The minimum atomic E-state index is -5.22. The monoisotopic (exact) mass is 522 g/mol. The van der Waals surface area contributed by atoms with Gasteiger partial charge in [0, 0.05) is 5.56 Å². The van der Waals surface area contributed by atoms with Crippen LogP contribution in [0, 0.1) is 11.3 Å². The summed E-state index contributed by atoms with van der Waals surface area (Å²) in [5, 5.41) is 19.4. The summed E-state index contributed by atoms with van der Waals surface area (Å²) in [4.78, 5) is 12.6. The second-order valence-electron chi connectivity index (χ2n) is 7.88. The first-order chi connectivity index (χ1) is 16.5. The molecule has 1 aliphatic heterocycles. The van der Waals surface area contributed by atoms with Crippen LogP contribution in [0.3, 0.4) is 0 Å². The molecule has 13 heteroatoms. The fraction of sp³-hybridized carbons (Fsp3) is 0.304. The number of halogens is 9. The van der Waals surface area contributed by atoms with Crippen molar-refractivity contribution in [3.63, 3.8) is 0 Å². The van der Waals surface area contributed by atoms with Gasteiger partial charge in [0.1, 0.15) is 0 Å². The summed E-state index contributed by atoms with van der Waals surface area (Å²) in [6, 6.07) is 2.99. The highest BCUT2D eigenvalue weighted by Crippen LogP contribution is 2.46. The molecule has 0 fully saturated rings.